The molecular formula is C15H14F3NO. The number of hydrogen-bond donors (Lipinski definition) is 1. The van der Waals surface area contributed by atoms with Crippen LogP contribution in [0.3, 0.4) is 0 Å². The zero-order valence-corrected chi connectivity index (χ0v) is 10.9. The zero-order valence-electron chi connectivity index (χ0n) is 10.9. The highest BCUT2D eigenvalue weighted by Gasteiger charge is 2.08. The molecule has 20 heavy (non-hydrogen) atoms. The third-order valence-electron chi connectivity index (χ3n) is 2.79. The summed E-state index contributed by atoms with van der Waals surface area (Å²) in [4.78, 5) is 0. The van der Waals surface area contributed by atoms with Crippen molar-refractivity contribution in [2.75, 3.05) is 7.05 Å². The number of rotatable bonds is 5. The first-order chi connectivity index (χ1) is 9.60. The fourth-order valence-corrected chi connectivity index (χ4v) is 1.81. The van der Waals surface area contributed by atoms with Gasteiger partial charge in [0.1, 0.15) is 29.8 Å². The molecule has 0 fully saturated rings. The Labute approximate surface area is 115 Å². The number of halogens is 3. The first-order valence-electron chi connectivity index (χ1n) is 6.10. The molecule has 0 aliphatic rings. The van der Waals surface area contributed by atoms with Crippen molar-refractivity contribution in [3.8, 4) is 5.75 Å². The Bertz CT molecular complexity index is 602. The zero-order chi connectivity index (χ0) is 14.5. The smallest absolute Gasteiger partial charge is 0.132 e. The van der Waals surface area contributed by atoms with Crippen LogP contribution in [0, 0.1) is 17.5 Å². The number of benzene rings is 2. The molecule has 106 valence electrons. The Kier molecular flexibility index (Phi) is 4.63. The standard InChI is InChI=1S/C15H14F3NO/c1-19-8-11-6-12(16)4-5-15(11)20-9-10-2-3-13(17)7-14(10)18/h2-7,19H,8-9H2,1H3. The SMILES string of the molecule is CNCc1cc(F)ccc1OCc1ccc(F)cc1F. The van der Waals surface area contributed by atoms with E-state index >= 15 is 0 Å². The van der Waals surface area contributed by atoms with Gasteiger partial charge in [-0.05, 0) is 37.4 Å². The fraction of sp³-hybridized carbons (Fsp3) is 0.200. The maximum atomic E-state index is 13.5. The molecule has 0 aliphatic carbocycles. The van der Waals surface area contributed by atoms with Crippen molar-refractivity contribution in [1.82, 2.24) is 5.32 Å². The van der Waals surface area contributed by atoms with E-state index in [-0.39, 0.29) is 18.0 Å². The highest BCUT2D eigenvalue weighted by Crippen LogP contribution is 2.21. The Morgan fingerprint density at radius 2 is 1.65 bits per heavy atom. The molecule has 1 N–H and O–H groups in total. The number of nitrogens with one attached hydrogen (secondary N) is 1. The van der Waals surface area contributed by atoms with Crippen LogP contribution < -0.4 is 10.1 Å². The van der Waals surface area contributed by atoms with Gasteiger partial charge in [0.2, 0.25) is 0 Å². The molecule has 0 radical (unpaired) electrons. The lowest BCUT2D eigenvalue weighted by Crippen LogP contribution is -2.08. The number of hydrogen-bond acceptors (Lipinski definition) is 2. The highest BCUT2D eigenvalue weighted by molar-refractivity contribution is 5.34. The van der Waals surface area contributed by atoms with E-state index in [1.807, 2.05) is 0 Å². The molecule has 0 saturated carbocycles. The normalized spacial score (nSPS) is 10.6. The minimum absolute atomic E-state index is 0.0472. The van der Waals surface area contributed by atoms with Crippen LogP contribution in [0.1, 0.15) is 11.1 Å². The van der Waals surface area contributed by atoms with E-state index in [2.05, 4.69) is 5.32 Å². The predicted octanol–water partition coefficient (Wildman–Crippen LogP) is 3.40. The third kappa shape index (κ3) is 3.51. The van der Waals surface area contributed by atoms with Crippen molar-refractivity contribution < 1.29 is 17.9 Å². The van der Waals surface area contributed by atoms with E-state index < -0.39 is 11.6 Å². The van der Waals surface area contributed by atoms with E-state index in [0.29, 0.717) is 17.9 Å². The minimum atomic E-state index is -0.665. The molecule has 2 rings (SSSR count). The molecular weight excluding hydrogens is 267 g/mol. The second-order valence-corrected chi connectivity index (χ2v) is 4.31. The maximum absolute atomic E-state index is 13.5. The summed E-state index contributed by atoms with van der Waals surface area (Å²) in [5, 5.41) is 2.90. The molecule has 0 heterocycles. The van der Waals surface area contributed by atoms with E-state index in [1.165, 1.54) is 30.3 Å². The molecule has 0 unspecified atom stereocenters. The van der Waals surface area contributed by atoms with E-state index in [9.17, 15) is 13.2 Å². The molecule has 2 nitrogen and oxygen atoms in total. The Hall–Kier alpha value is -2.01. The van der Waals surface area contributed by atoms with E-state index in [4.69, 9.17) is 4.74 Å². The van der Waals surface area contributed by atoms with Crippen molar-refractivity contribution in [2.45, 2.75) is 13.2 Å². The second kappa shape index (κ2) is 6.43. The number of ether oxygens (including phenoxy) is 1. The van der Waals surface area contributed by atoms with Crippen molar-refractivity contribution in [2.24, 2.45) is 0 Å². The molecule has 0 atom stereocenters. The molecule has 0 amide bonds. The average Bonchev–Trinajstić information content (AvgIpc) is 2.40. The van der Waals surface area contributed by atoms with Gasteiger partial charge in [-0.25, -0.2) is 13.2 Å². The van der Waals surface area contributed by atoms with E-state index in [1.54, 1.807) is 7.05 Å². The molecule has 0 aromatic heterocycles. The monoisotopic (exact) mass is 281 g/mol. The predicted molar refractivity (Wildman–Crippen MR) is 69.9 cm³/mol. The molecule has 2 aromatic carbocycles. The van der Waals surface area contributed by atoms with Crippen LogP contribution in [0.5, 0.6) is 5.75 Å². The molecule has 0 saturated heterocycles. The quantitative estimate of drug-likeness (QED) is 0.907. The maximum Gasteiger partial charge on any atom is 0.132 e. The van der Waals surface area contributed by atoms with Gasteiger partial charge in [-0.2, -0.15) is 0 Å². The van der Waals surface area contributed by atoms with Crippen molar-refractivity contribution >= 4 is 0 Å². The van der Waals surface area contributed by atoms with Gasteiger partial charge in [-0.3, -0.25) is 0 Å². The van der Waals surface area contributed by atoms with Crippen LogP contribution in [0.25, 0.3) is 0 Å². The van der Waals surface area contributed by atoms with Crippen molar-refractivity contribution in [1.29, 1.82) is 0 Å². The van der Waals surface area contributed by atoms with Gasteiger partial charge in [-0.1, -0.05) is 0 Å². The van der Waals surface area contributed by atoms with Gasteiger partial charge in [0.15, 0.2) is 0 Å². The van der Waals surface area contributed by atoms with Gasteiger partial charge >= 0.3 is 0 Å². The molecule has 0 aliphatic heterocycles. The van der Waals surface area contributed by atoms with Gasteiger partial charge in [0.25, 0.3) is 0 Å². The van der Waals surface area contributed by atoms with E-state index in [0.717, 1.165) is 6.07 Å². The summed E-state index contributed by atoms with van der Waals surface area (Å²) in [6, 6.07) is 7.41. The van der Waals surface area contributed by atoms with Crippen LogP contribution >= 0.6 is 0 Å². The van der Waals surface area contributed by atoms with Gasteiger partial charge in [0, 0.05) is 23.7 Å². The van der Waals surface area contributed by atoms with Crippen LogP contribution in [-0.4, -0.2) is 7.05 Å². The summed E-state index contributed by atoms with van der Waals surface area (Å²) in [5.74, 6) is -1.20. The lowest BCUT2D eigenvalue weighted by atomic mass is 10.2. The van der Waals surface area contributed by atoms with Gasteiger partial charge < -0.3 is 10.1 Å². The van der Waals surface area contributed by atoms with Crippen LogP contribution in [0.15, 0.2) is 36.4 Å². The Morgan fingerprint density at radius 1 is 0.950 bits per heavy atom. The lowest BCUT2D eigenvalue weighted by molar-refractivity contribution is 0.295. The summed E-state index contributed by atoms with van der Waals surface area (Å²) in [7, 11) is 1.73. The first-order valence-corrected chi connectivity index (χ1v) is 6.10. The topological polar surface area (TPSA) is 21.3 Å². The molecule has 5 heteroatoms. The third-order valence-corrected chi connectivity index (χ3v) is 2.79. The van der Waals surface area contributed by atoms with Crippen molar-refractivity contribution in [3.05, 3.63) is 65.0 Å². The largest absolute Gasteiger partial charge is 0.488 e. The first kappa shape index (κ1) is 14.4. The molecule has 2 aromatic rings. The highest BCUT2D eigenvalue weighted by atomic mass is 19.1. The Balaban J connectivity index is 2.14. The minimum Gasteiger partial charge on any atom is -0.488 e. The van der Waals surface area contributed by atoms with Crippen molar-refractivity contribution in [3.63, 3.8) is 0 Å². The van der Waals surface area contributed by atoms with Gasteiger partial charge in [-0.15, -0.1) is 0 Å². The van der Waals surface area contributed by atoms with Crippen LogP contribution in [0.4, 0.5) is 13.2 Å². The average molecular weight is 281 g/mol. The summed E-state index contributed by atoms with van der Waals surface area (Å²) in [5.41, 5.74) is 0.876. The second-order valence-electron chi connectivity index (χ2n) is 4.31. The fourth-order valence-electron chi connectivity index (χ4n) is 1.81. The molecule has 0 spiro atoms. The summed E-state index contributed by atoms with van der Waals surface area (Å²) < 4.78 is 44.9. The molecule has 0 bridgehead atoms. The Morgan fingerprint density at radius 3 is 2.35 bits per heavy atom. The lowest BCUT2D eigenvalue weighted by Gasteiger charge is -2.12. The summed E-state index contributed by atoms with van der Waals surface area (Å²) in [6.45, 7) is 0.382. The van der Waals surface area contributed by atoms with Gasteiger partial charge in [0.05, 0.1) is 0 Å². The summed E-state index contributed by atoms with van der Waals surface area (Å²) >= 11 is 0. The van der Waals surface area contributed by atoms with Crippen LogP contribution in [-0.2, 0) is 13.2 Å². The van der Waals surface area contributed by atoms with Crippen LogP contribution in [0.2, 0.25) is 0 Å². The summed E-state index contributed by atoms with van der Waals surface area (Å²) in [6.07, 6.45) is 0.